The monoisotopic (exact) mass is 344 g/mol. The lowest BCUT2D eigenvalue weighted by Crippen LogP contribution is -2.61. The average molecular weight is 345 g/mol. The number of nitrogens with zero attached hydrogens (tertiary/aromatic N) is 2. The van der Waals surface area contributed by atoms with Crippen molar-refractivity contribution in [1.82, 2.24) is 0 Å². The lowest BCUT2D eigenvalue weighted by Gasteiger charge is -2.56. The molecule has 23 heavy (non-hydrogen) atoms. The first-order valence-electron chi connectivity index (χ1n) is 7.91. The Bertz CT molecular complexity index is 432. The molecule has 0 saturated carbocycles. The average Bonchev–Trinajstić information content (AvgIpc) is 2.29. The second-order valence-electron chi connectivity index (χ2n) is 8.70. The number of hydrogen-bond donors (Lipinski definition) is 0. The molecule has 2 amide bonds. The van der Waals surface area contributed by atoms with Crippen LogP contribution < -0.4 is 0 Å². The molecule has 0 aromatic heterocycles. The molecule has 0 fully saturated rings. The van der Waals surface area contributed by atoms with Gasteiger partial charge in [-0.05, 0) is 22.0 Å². The predicted molar refractivity (Wildman–Crippen MR) is 93.3 cm³/mol. The molecular formula is C16H32N2O4Si. The second kappa shape index (κ2) is 7.11. The highest BCUT2D eigenvalue weighted by atomic mass is 28.4. The van der Waals surface area contributed by atoms with E-state index in [2.05, 4.69) is 77.3 Å². The SMILES string of the molecule is CCOC(=O)N=NC(=O)O[Si](C(C)(C)C)(C(C)(C)C)C(C)(C)C. The van der Waals surface area contributed by atoms with Gasteiger partial charge < -0.3 is 9.16 Å². The first-order chi connectivity index (χ1) is 10.1. The molecule has 0 atom stereocenters. The maximum Gasteiger partial charge on any atom is 0.452 e. The van der Waals surface area contributed by atoms with Gasteiger partial charge in [-0.2, -0.15) is 0 Å². The zero-order valence-corrected chi connectivity index (χ0v) is 17.2. The van der Waals surface area contributed by atoms with Crippen molar-refractivity contribution < 1.29 is 18.8 Å². The number of azo groups is 1. The fraction of sp³-hybridized carbons (Fsp3) is 0.875. The van der Waals surface area contributed by atoms with Crippen LogP contribution in [0.5, 0.6) is 0 Å². The third-order valence-corrected chi connectivity index (χ3v) is 10.7. The van der Waals surface area contributed by atoms with E-state index in [0.717, 1.165) is 0 Å². The van der Waals surface area contributed by atoms with Crippen LogP contribution in [0.2, 0.25) is 15.1 Å². The van der Waals surface area contributed by atoms with E-state index >= 15 is 0 Å². The van der Waals surface area contributed by atoms with Crippen molar-refractivity contribution in [3.8, 4) is 0 Å². The van der Waals surface area contributed by atoms with Gasteiger partial charge in [0.1, 0.15) is 0 Å². The minimum absolute atomic E-state index is 0.178. The summed E-state index contributed by atoms with van der Waals surface area (Å²) in [5.41, 5.74) is 0. The van der Waals surface area contributed by atoms with E-state index in [9.17, 15) is 9.59 Å². The normalized spacial score (nSPS) is 14.0. The lowest BCUT2D eigenvalue weighted by atomic mass is 10.2. The summed E-state index contributed by atoms with van der Waals surface area (Å²) in [6.07, 6.45) is -1.72. The van der Waals surface area contributed by atoms with Crippen molar-refractivity contribution in [2.45, 2.75) is 84.4 Å². The summed E-state index contributed by atoms with van der Waals surface area (Å²) < 4.78 is 10.6. The molecule has 0 aliphatic heterocycles. The molecular weight excluding hydrogens is 312 g/mol. The van der Waals surface area contributed by atoms with E-state index in [1.165, 1.54) is 0 Å². The highest BCUT2D eigenvalue weighted by Gasteiger charge is 2.64. The summed E-state index contributed by atoms with van der Waals surface area (Å²) in [6.45, 7) is 20.6. The van der Waals surface area contributed by atoms with Gasteiger partial charge in [0, 0.05) is 0 Å². The van der Waals surface area contributed by atoms with Crippen molar-refractivity contribution in [3.63, 3.8) is 0 Å². The smallest absolute Gasteiger partial charge is 0.452 e. The van der Waals surface area contributed by atoms with Crippen LogP contribution in [0.1, 0.15) is 69.2 Å². The fourth-order valence-corrected chi connectivity index (χ4v) is 12.2. The minimum Gasteiger partial charge on any atom is -0.499 e. The fourth-order valence-electron chi connectivity index (χ4n) is 4.22. The van der Waals surface area contributed by atoms with Gasteiger partial charge in [0.15, 0.2) is 0 Å². The Morgan fingerprint density at radius 1 is 0.783 bits per heavy atom. The van der Waals surface area contributed by atoms with Crippen LogP contribution in [-0.2, 0) is 9.16 Å². The van der Waals surface area contributed by atoms with Crippen molar-refractivity contribution >= 4 is 20.5 Å². The summed E-state index contributed by atoms with van der Waals surface area (Å²) in [5.74, 6) is 0. The molecule has 7 heteroatoms. The van der Waals surface area contributed by atoms with Gasteiger partial charge in [0.2, 0.25) is 0 Å². The Kier molecular flexibility index (Phi) is 6.73. The second-order valence-corrected chi connectivity index (χ2v) is 14.8. The van der Waals surface area contributed by atoms with Crippen LogP contribution in [-0.4, -0.2) is 27.1 Å². The van der Waals surface area contributed by atoms with Crippen molar-refractivity contribution in [2.24, 2.45) is 10.2 Å². The standard InChI is InChI=1S/C16H32N2O4Si/c1-11-21-12(19)17-18-13(20)22-23(14(2,3)4,15(5,6)7)16(8,9)10/h11H2,1-10H3. The van der Waals surface area contributed by atoms with E-state index in [-0.39, 0.29) is 21.7 Å². The maximum atomic E-state index is 12.3. The van der Waals surface area contributed by atoms with Crippen LogP contribution >= 0.6 is 0 Å². The number of hydrogen-bond acceptors (Lipinski definition) is 4. The number of carbonyl (C=O) groups excluding carboxylic acids is 2. The highest BCUT2D eigenvalue weighted by Crippen LogP contribution is 2.62. The van der Waals surface area contributed by atoms with Gasteiger partial charge in [0.25, 0.3) is 8.32 Å². The topological polar surface area (TPSA) is 77.3 Å². The van der Waals surface area contributed by atoms with E-state index in [4.69, 9.17) is 4.43 Å². The Balaban J connectivity index is 5.76. The van der Waals surface area contributed by atoms with Gasteiger partial charge >= 0.3 is 12.2 Å². The number of amides is 2. The molecule has 0 heterocycles. The van der Waals surface area contributed by atoms with E-state index in [0.29, 0.717) is 0 Å². The molecule has 134 valence electrons. The maximum absolute atomic E-state index is 12.3. The van der Waals surface area contributed by atoms with E-state index in [1.807, 2.05) is 0 Å². The van der Waals surface area contributed by atoms with Crippen LogP contribution in [0.15, 0.2) is 10.2 Å². The van der Waals surface area contributed by atoms with Crippen LogP contribution in [0.3, 0.4) is 0 Å². The molecule has 0 aliphatic carbocycles. The molecule has 6 nitrogen and oxygen atoms in total. The number of rotatable bonds is 2. The van der Waals surface area contributed by atoms with Crippen LogP contribution in [0.4, 0.5) is 9.59 Å². The molecule has 0 spiro atoms. The Morgan fingerprint density at radius 2 is 1.13 bits per heavy atom. The van der Waals surface area contributed by atoms with Gasteiger partial charge in [-0.1, -0.05) is 72.5 Å². The highest BCUT2D eigenvalue weighted by molar-refractivity contribution is 6.83. The molecule has 0 N–H and O–H groups in total. The number of carbonyl (C=O) groups is 2. The first kappa shape index (κ1) is 21.8. The summed E-state index contributed by atoms with van der Waals surface area (Å²) in [4.78, 5) is 23.5. The molecule has 0 saturated heterocycles. The molecule has 0 aromatic carbocycles. The van der Waals surface area contributed by atoms with Crippen molar-refractivity contribution in [1.29, 1.82) is 0 Å². The summed E-state index contributed by atoms with van der Waals surface area (Å²) in [7, 11) is -2.71. The Morgan fingerprint density at radius 3 is 1.43 bits per heavy atom. The molecule has 0 bridgehead atoms. The van der Waals surface area contributed by atoms with Crippen molar-refractivity contribution in [3.05, 3.63) is 0 Å². The third-order valence-electron chi connectivity index (χ3n) is 3.89. The van der Waals surface area contributed by atoms with E-state index < -0.39 is 20.5 Å². The lowest BCUT2D eigenvalue weighted by molar-refractivity contribution is 0.159. The van der Waals surface area contributed by atoms with Crippen molar-refractivity contribution in [2.75, 3.05) is 6.61 Å². The summed E-state index contributed by atoms with van der Waals surface area (Å²) in [6, 6.07) is 0. The van der Waals surface area contributed by atoms with Gasteiger partial charge in [-0.15, -0.1) is 0 Å². The Hall–Kier alpha value is -1.24. The van der Waals surface area contributed by atoms with Gasteiger partial charge in [-0.3, -0.25) is 0 Å². The third kappa shape index (κ3) is 4.86. The molecule has 0 rings (SSSR count). The molecule has 0 unspecified atom stereocenters. The first-order valence-corrected chi connectivity index (χ1v) is 9.82. The zero-order valence-electron chi connectivity index (χ0n) is 16.2. The van der Waals surface area contributed by atoms with E-state index in [1.54, 1.807) is 6.92 Å². The number of ether oxygens (including phenoxy) is 1. The molecule has 0 radical (unpaired) electrons. The van der Waals surface area contributed by atoms with Gasteiger partial charge in [0.05, 0.1) is 6.61 Å². The zero-order chi connectivity index (χ0) is 18.7. The Labute approximate surface area is 141 Å². The van der Waals surface area contributed by atoms with Crippen LogP contribution in [0, 0.1) is 0 Å². The summed E-state index contributed by atoms with van der Waals surface area (Å²) in [5, 5.41) is 5.98. The predicted octanol–water partition coefficient (Wildman–Crippen LogP) is 6.08. The quantitative estimate of drug-likeness (QED) is 0.449. The summed E-state index contributed by atoms with van der Waals surface area (Å²) >= 11 is 0. The minimum atomic E-state index is -2.71. The van der Waals surface area contributed by atoms with Gasteiger partial charge in [-0.25, -0.2) is 9.59 Å². The molecule has 0 aromatic rings. The molecule has 0 aliphatic rings. The largest absolute Gasteiger partial charge is 0.499 e. The van der Waals surface area contributed by atoms with Crippen LogP contribution in [0.25, 0.3) is 0 Å².